The Hall–Kier alpha value is -0.120. The Balaban J connectivity index is 2.04. The van der Waals surface area contributed by atoms with E-state index >= 15 is 0 Å². The molecule has 1 unspecified atom stereocenters. The molecule has 0 bridgehead atoms. The van der Waals surface area contributed by atoms with E-state index in [9.17, 15) is 0 Å². The van der Waals surface area contributed by atoms with Crippen molar-refractivity contribution in [3.05, 3.63) is 0 Å². The van der Waals surface area contributed by atoms with Crippen molar-refractivity contribution in [2.75, 3.05) is 39.9 Å². The molecule has 1 saturated heterocycles. The lowest BCUT2D eigenvalue weighted by Crippen LogP contribution is -2.34. The topological polar surface area (TPSA) is 33.3 Å². The van der Waals surface area contributed by atoms with Gasteiger partial charge in [0.2, 0.25) is 0 Å². The first-order valence-corrected chi connectivity index (χ1v) is 7.17. The van der Waals surface area contributed by atoms with E-state index in [1.54, 1.807) is 0 Å². The fourth-order valence-corrected chi connectivity index (χ4v) is 2.43. The average molecular weight is 242 g/mol. The molecule has 3 heteroatoms. The van der Waals surface area contributed by atoms with Crippen LogP contribution in [-0.2, 0) is 4.74 Å². The molecule has 0 radical (unpaired) electrons. The number of hydrogen-bond donors (Lipinski definition) is 2. The van der Waals surface area contributed by atoms with Gasteiger partial charge in [-0.15, -0.1) is 0 Å². The van der Waals surface area contributed by atoms with Crippen LogP contribution in [0.4, 0.5) is 0 Å². The summed E-state index contributed by atoms with van der Waals surface area (Å²) in [6, 6.07) is 0. The minimum atomic E-state index is 0.745. The Morgan fingerprint density at radius 2 is 1.88 bits per heavy atom. The van der Waals surface area contributed by atoms with E-state index in [1.807, 2.05) is 7.05 Å². The molecule has 0 aromatic rings. The molecule has 17 heavy (non-hydrogen) atoms. The Kier molecular flexibility index (Phi) is 7.82. The Morgan fingerprint density at radius 1 is 1.18 bits per heavy atom. The third-order valence-electron chi connectivity index (χ3n) is 3.89. The molecule has 1 rings (SSSR count). The molecule has 0 spiro atoms. The molecule has 0 saturated carbocycles. The molecule has 1 fully saturated rings. The second kappa shape index (κ2) is 8.90. The molecule has 3 nitrogen and oxygen atoms in total. The van der Waals surface area contributed by atoms with Crippen LogP contribution in [0.15, 0.2) is 0 Å². The minimum absolute atomic E-state index is 0.745. The van der Waals surface area contributed by atoms with E-state index in [2.05, 4.69) is 24.5 Å². The molecule has 1 aliphatic rings. The van der Waals surface area contributed by atoms with Gasteiger partial charge in [-0.1, -0.05) is 13.8 Å². The van der Waals surface area contributed by atoms with Gasteiger partial charge in [-0.25, -0.2) is 0 Å². The van der Waals surface area contributed by atoms with Gasteiger partial charge in [-0.05, 0) is 63.7 Å². The molecule has 0 amide bonds. The van der Waals surface area contributed by atoms with Crippen molar-refractivity contribution >= 4 is 0 Å². The van der Waals surface area contributed by atoms with Gasteiger partial charge in [0.15, 0.2) is 0 Å². The third-order valence-corrected chi connectivity index (χ3v) is 3.89. The van der Waals surface area contributed by atoms with Gasteiger partial charge in [0.1, 0.15) is 0 Å². The highest BCUT2D eigenvalue weighted by Gasteiger charge is 2.14. The van der Waals surface area contributed by atoms with E-state index in [0.717, 1.165) is 50.6 Å². The van der Waals surface area contributed by atoms with Crippen molar-refractivity contribution in [3.63, 3.8) is 0 Å². The molecule has 2 N–H and O–H groups in total. The molecular weight excluding hydrogens is 212 g/mol. The first-order valence-electron chi connectivity index (χ1n) is 7.17. The van der Waals surface area contributed by atoms with Crippen molar-refractivity contribution < 1.29 is 4.74 Å². The number of ether oxygens (including phenoxy) is 1. The highest BCUT2D eigenvalue weighted by molar-refractivity contribution is 4.69. The van der Waals surface area contributed by atoms with Crippen LogP contribution in [-0.4, -0.2) is 39.9 Å². The van der Waals surface area contributed by atoms with Crippen molar-refractivity contribution in [1.29, 1.82) is 0 Å². The summed E-state index contributed by atoms with van der Waals surface area (Å²) in [7, 11) is 2.04. The molecule has 102 valence electrons. The van der Waals surface area contributed by atoms with Gasteiger partial charge in [0, 0.05) is 13.2 Å². The maximum absolute atomic E-state index is 5.38. The molecule has 0 aliphatic carbocycles. The van der Waals surface area contributed by atoms with Gasteiger partial charge in [-0.3, -0.25) is 0 Å². The largest absolute Gasteiger partial charge is 0.381 e. The lowest BCUT2D eigenvalue weighted by atomic mass is 9.94. The van der Waals surface area contributed by atoms with Crippen LogP contribution >= 0.6 is 0 Å². The molecule has 0 aromatic heterocycles. The predicted molar refractivity (Wildman–Crippen MR) is 73.3 cm³/mol. The predicted octanol–water partition coefficient (Wildman–Crippen LogP) is 1.88. The standard InChI is InChI=1S/C14H30N2O/c1-12(2)14(10-15-3)11-16-7-4-13-5-8-17-9-6-13/h12-16H,4-11H2,1-3H3. The van der Waals surface area contributed by atoms with Crippen LogP contribution in [0.2, 0.25) is 0 Å². The summed E-state index contributed by atoms with van der Waals surface area (Å²) >= 11 is 0. The fourth-order valence-electron chi connectivity index (χ4n) is 2.43. The van der Waals surface area contributed by atoms with Gasteiger partial charge in [0.25, 0.3) is 0 Å². The maximum Gasteiger partial charge on any atom is 0.0468 e. The number of rotatable bonds is 8. The average Bonchev–Trinajstić information content (AvgIpc) is 2.34. The summed E-state index contributed by atoms with van der Waals surface area (Å²) in [4.78, 5) is 0. The minimum Gasteiger partial charge on any atom is -0.381 e. The van der Waals surface area contributed by atoms with Crippen LogP contribution in [0.5, 0.6) is 0 Å². The zero-order chi connectivity index (χ0) is 12.5. The summed E-state index contributed by atoms with van der Waals surface area (Å²) < 4.78 is 5.38. The van der Waals surface area contributed by atoms with Crippen molar-refractivity contribution in [2.45, 2.75) is 33.1 Å². The monoisotopic (exact) mass is 242 g/mol. The van der Waals surface area contributed by atoms with E-state index in [1.165, 1.54) is 19.3 Å². The lowest BCUT2D eigenvalue weighted by molar-refractivity contribution is 0.0638. The second-order valence-corrected chi connectivity index (χ2v) is 5.61. The van der Waals surface area contributed by atoms with Gasteiger partial charge in [-0.2, -0.15) is 0 Å². The van der Waals surface area contributed by atoms with E-state index in [0.29, 0.717) is 0 Å². The summed E-state index contributed by atoms with van der Waals surface area (Å²) in [6.07, 6.45) is 3.82. The SMILES string of the molecule is CNCC(CNCCC1CCOCC1)C(C)C. The fraction of sp³-hybridized carbons (Fsp3) is 1.00. The summed E-state index contributed by atoms with van der Waals surface area (Å²) in [5.41, 5.74) is 0. The first kappa shape index (κ1) is 14.9. The Bertz CT molecular complexity index is 179. The number of nitrogens with one attached hydrogen (secondary N) is 2. The van der Waals surface area contributed by atoms with Crippen LogP contribution in [0, 0.1) is 17.8 Å². The first-order chi connectivity index (χ1) is 8.24. The van der Waals surface area contributed by atoms with Crippen molar-refractivity contribution in [3.8, 4) is 0 Å². The molecule has 0 aromatic carbocycles. The zero-order valence-electron chi connectivity index (χ0n) is 11.8. The van der Waals surface area contributed by atoms with Crippen molar-refractivity contribution in [1.82, 2.24) is 10.6 Å². The van der Waals surface area contributed by atoms with E-state index < -0.39 is 0 Å². The second-order valence-electron chi connectivity index (χ2n) is 5.61. The quantitative estimate of drug-likeness (QED) is 0.638. The Morgan fingerprint density at radius 3 is 2.47 bits per heavy atom. The zero-order valence-corrected chi connectivity index (χ0v) is 11.8. The molecular formula is C14H30N2O. The van der Waals surface area contributed by atoms with Gasteiger partial charge >= 0.3 is 0 Å². The summed E-state index contributed by atoms with van der Waals surface area (Å²) in [5, 5.41) is 6.90. The number of hydrogen-bond acceptors (Lipinski definition) is 3. The highest BCUT2D eigenvalue weighted by Crippen LogP contribution is 2.17. The van der Waals surface area contributed by atoms with E-state index in [4.69, 9.17) is 4.74 Å². The molecule has 1 aliphatic heterocycles. The van der Waals surface area contributed by atoms with Crippen LogP contribution in [0.1, 0.15) is 33.1 Å². The van der Waals surface area contributed by atoms with Crippen molar-refractivity contribution in [2.24, 2.45) is 17.8 Å². The van der Waals surface area contributed by atoms with Gasteiger partial charge < -0.3 is 15.4 Å². The Labute approximate surface area is 107 Å². The van der Waals surface area contributed by atoms with Crippen LogP contribution in [0.25, 0.3) is 0 Å². The summed E-state index contributed by atoms with van der Waals surface area (Å²) in [6.45, 7) is 9.98. The lowest BCUT2D eigenvalue weighted by Gasteiger charge is -2.24. The molecule has 1 atom stereocenters. The maximum atomic E-state index is 5.38. The normalized spacial score (nSPS) is 19.8. The van der Waals surface area contributed by atoms with Gasteiger partial charge in [0.05, 0.1) is 0 Å². The van der Waals surface area contributed by atoms with Crippen LogP contribution < -0.4 is 10.6 Å². The van der Waals surface area contributed by atoms with Crippen LogP contribution in [0.3, 0.4) is 0 Å². The smallest absolute Gasteiger partial charge is 0.0468 e. The summed E-state index contributed by atoms with van der Waals surface area (Å²) in [5.74, 6) is 2.38. The highest BCUT2D eigenvalue weighted by atomic mass is 16.5. The van der Waals surface area contributed by atoms with E-state index in [-0.39, 0.29) is 0 Å². The third kappa shape index (κ3) is 6.39. The molecule has 1 heterocycles.